The second kappa shape index (κ2) is 7.77. The third-order valence-electron chi connectivity index (χ3n) is 3.96. The molecule has 0 aliphatic carbocycles. The fourth-order valence-electron chi connectivity index (χ4n) is 2.69. The minimum Gasteiger partial charge on any atom is -0.392 e. The van der Waals surface area contributed by atoms with Gasteiger partial charge in [-0.15, -0.1) is 0 Å². The van der Waals surface area contributed by atoms with Gasteiger partial charge in [-0.1, -0.05) is 45.0 Å². The van der Waals surface area contributed by atoms with Crippen LogP contribution >= 0.6 is 23.5 Å². The maximum atomic E-state index is 10.6. The third-order valence-corrected chi connectivity index (χ3v) is 7.36. The van der Waals surface area contributed by atoms with Crippen molar-refractivity contribution in [3.8, 4) is 0 Å². The zero-order valence-electron chi connectivity index (χ0n) is 12.7. The quantitative estimate of drug-likeness (QED) is 0.873. The van der Waals surface area contributed by atoms with E-state index in [1.165, 1.54) is 22.6 Å². The summed E-state index contributed by atoms with van der Waals surface area (Å²) in [6.07, 6.45) is 1.72. The molecular formula is C17H26OS2. The number of aliphatic hydroxyl groups is 1. The Hall–Kier alpha value is -0.120. The first-order valence-corrected chi connectivity index (χ1v) is 9.71. The largest absolute Gasteiger partial charge is 0.392 e. The Morgan fingerprint density at radius 3 is 2.40 bits per heavy atom. The molecule has 112 valence electrons. The highest BCUT2D eigenvalue weighted by molar-refractivity contribution is 8.07. The van der Waals surface area contributed by atoms with Crippen molar-refractivity contribution in [3.63, 3.8) is 0 Å². The van der Waals surface area contributed by atoms with Gasteiger partial charge in [-0.25, -0.2) is 0 Å². The standard InChI is InChI=1S/C17H26OS2/c1-4-16-17(20-10-9-19-16)15(18)11-13-5-7-14(8-6-13)12(2)3/h5-8,12,15-18H,4,9-11H2,1-3H3. The summed E-state index contributed by atoms with van der Waals surface area (Å²) in [5.41, 5.74) is 2.63. The van der Waals surface area contributed by atoms with Gasteiger partial charge in [0, 0.05) is 22.0 Å². The van der Waals surface area contributed by atoms with Crippen LogP contribution in [-0.2, 0) is 6.42 Å². The number of benzene rings is 1. The van der Waals surface area contributed by atoms with E-state index in [1.807, 2.05) is 23.5 Å². The first-order chi connectivity index (χ1) is 9.61. The van der Waals surface area contributed by atoms with Crippen molar-refractivity contribution in [1.29, 1.82) is 0 Å². The number of hydrogen-bond donors (Lipinski definition) is 1. The average molecular weight is 311 g/mol. The van der Waals surface area contributed by atoms with E-state index in [0.29, 0.717) is 16.4 Å². The summed E-state index contributed by atoms with van der Waals surface area (Å²) in [5.74, 6) is 2.98. The molecule has 0 bridgehead atoms. The molecule has 1 aromatic rings. The SMILES string of the molecule is CCC1SCCSC1C(O)Cc1ccc(C(C)C)cc1. The van der Waals surface area contributed by atoms with Gasteiger partial charge in [0.1, 0.15) is 0 Å². The van der Waals surface area contributed by atoms with Crippen molar-refractivity contribution in [2.45, 2.75) is 56.1 Å². The molecule has 1 heterocycles. The maximum Gasteiger partial charge on any atom is 0.0709 e. The molecule has 3 heteroatoms. The van der Waals surface area contributed by atoms with Crippen LogP contribution in [0, 0.1) is 0 Å². The molecule has 1 aliphatic heterocycles. The molecule has 0 amide bonds. The zero-order chi connectivity index (χ0) is 14.5. The summed E-state index contributed by atoms with van der Waals surface area (Å²) in [6, 6.07) is 8.76. The lowest BCUT2D eigenvalue weighted by Crippen LogP contribution is -2.37. The van der Waals surface area contributed by atoms with Crippen LogP contribution in [0.5, 0.6) is 0 Å². The molecule has 1 fully saturated rings. The van der Waals surface area contributed by atoms with Crippen LogP contribution in [0.3, 0.4) is 0 Å². The van der Waals surface area contributed by atoms with E-state index in [9.17, 15) is 5.11 Å². The number of rotatable bonds is 5. The van der Waals surface area contributed by atoms with Crippen LogP contribution in [0.25, 0.3) is 0 Å². The van der Waals surface area contributed by atoms with E-state index in [-0.39, 0.29) is 6.10 Å². The van der Waals surface area contributed by atoms with Crippen molar-refractivity contribution < 1.29 is 5.11 Å². The van der Waals surface area contributed by atoms with Crippen molar-refractivity contribution in [1.82, 2.24) is 0 Å². The van der Waals surface area contributed by atoms with E-state index >= 15 is 0 Å². The number of hydrogen-bond acceptors (Lipinski definition) is 3. The van der Waals surface area contributed by atoms with Gasteiger partial charge in [0.2, 0.25) is 0 Å². The molecule has 0 spiro atoms. The Bertz CT molecular complexity index is 402. The van der Waals surface area contributed by atoms with Gasteiger partial charge in [0.15, 0.2) is 0 Å². The lowest BCUT2D eigenvalue weighted by atomic mass is 9.98. The van der Waals surface area contributed by atoms with Crippen molar-refractivity contribution in [3.05, 3.63) is 35.4 Å². The molecule has 1 saturated heterocycles. The predicted molar refractivity (Wildman–Crippen MR) is 93.0 cm³/mol. The topological polar surface area (TPSA) is 20.2 Å². The van der Waals surface area contributed by atoms with Gasteiger partial charge in [0.25, 0.3) is 0 Å². The van der Waals surface area contributed by atoms with Crippen LogP contribution in [0.15, 0.2) is 24.3 Å². The minimum atomic E-state index is -0.220. The van der Waals surface area contributed by atoms with Gasteiger partial charge in [0.05, 0.1) is 6.10 Å². The van der Waals surface area contributed by atoms with Crippen LogP contribution < -0.4 is 0 Å². The fraction of sp³-hybridized carbons (Fsp3) is 0.647. The molecule has 2 rings (SSSR count). The molecule has 3 atom stereocenters. The second-order valence-electron chi connectivity index (χ2n) is 5.82. The average Bonchev–Trinajstić information content (AvgIpc) is 2.47. The minimum absolute atomic E-state index is 0.220. The molecule has 0 radical (unpaired) electrons. The van der Waals surface area contributed by atoms with Crippen LogP contribution in [-0.4, -0.2) is 33.2 Å². The van der Waals surface area contributed by atoms with E-state index in [0.717, 1.165) is 12.8 Å². The molecule has 1 nitrogen and oxygen atoms in total. The highest BCUT2D eigenvalue weighted by Gasteiger charge is 2.30. The summed E-state index contributed by atoms with van der Waals surface area (Å²) in [4.78, 5) is 0. The van der Waals surface area contributed by atoms with Gasteiger partial charge in [-0.3, -0.25) is 0 Å². The Labute approximate surface area is 131 Å². The molecule has 0 aromatic heterocycles. The summed E-state index contributed by atoms with van der Waals surface area (Å²) >= 11 is 4.00. The number of thioether (sulfide) groups is 2. The molecule has 1 N–H and O–H groups in total. The maximum absolute atomic E-state index is 10.6. The van der Waals surface area contributed by atoms with Gasteiger partial charge >= 0.3 is 0 Å². The smallest absolute Gasteiger partial charge is 0.0709 e. The summed E-state index contributed by atoms with van der Waals surface area (Å²) in [7, 11) is 0. The summed E-state index contributed by atoms with van der Waals surface area (Å²) < 4.78 is 0. The highest BCUT2D eigenvalue weighted by Crippen LogP contribution is 2.36. The van der Waals surface area contributed by atoms with E-state index in [2.05, 4.69) is 45.0 Å². The Kier molecular flexibility index (Phi) is 6.31. The van der Waals surface area contributed by atoms with Gasteiger partial charge < -0.3 is 5.11 Å². The third kappa shape index (κ3) is 4.19. The number of aliphatic hydroxyl groups excluding tert-OH is 1. The van der Waals surface area contributed by atoms with Crippen molar-refractivity contribution >= 4 is 23.5 Å². The Morgan fingerprint density at radius 1 is 1.15 bits per heavy atom. The van der Waals surface area contributed by atoms with Crippen LogP contribution in [0.1, 0.15) is 44.2 Å². The zero-order valence-corrected chi connectivity index (χ0v) is 14.3. The summed E-state index contributed by atoms with van der Waals surface area (Å²) in [5, 5.41) is 11.6. The lowest BCUT2D eigenvalue weighted by molar-refractivity contribution is 0.169. The van der Waals surface area contributed by atoms with Gasteiger partial charge in [-0.2, -0.15) is 23.5 Å². The summed E-state index contributed by atoms with van der Waals surface area (Å²) in [6.45, 7) is 6.66. The first kappa shape index (κ1) is 16.3. The van der Waals surface area contributed by atoms with E-state index in [1.54, 1.807) is 0 Å². The molecule has 20 heavy (non-hydrogen) atoms. The van der Waals surface area contributed by atoms with E-state index in [4.69, 9.17) is 0 Å². The van der Waals surface area contributed by atoms with Crippen molar-refractivity contribution in [2.75, 3.05) is 11.5 Å². The molecule has 0 saturated carbocycles. The second-order valence-corrected chi connectivity index (χ2v) is 8.45. The lowest BCUT2D eigenvalue weighted by Gasteiger charge is -2.33. The molecule has 1 aliphatic rings. The molecule has 3 unspecified atom stereocenters. The van der Waals surface area contributed by atoms with Crippen LogP contribution in [0.2, 0.25) is 0 Å². The fourth-order valence-corrected chi connectivity index (χ4v) is 5.84. The molecule has 1 aromatic carbocycles. The van der Waals surface area contributed by atoms with E-state index < -0.39 is 0 Å². The van der Waals surface area contributed by atoms with Gasteiger partial charge in [-0.05, 0) is 29.9 Å². The monoisotopic (exact) mass is 310 g/mol. The molecular weight excluding hydrogens is 284 g/mol. The van der Waals surface area contributed by atoms with Crippen molar-refractivity contribution in [2.24, 2.45) is 0 Å². The Morgan fingerprint density at radius 2 is 1.80 bits per heavy atom. The normalized spacial score (nSPS) is 24.9. The van der Waals surface area contributed by atoms with Crippen LogP contribution in [0.4, 0.5) is 0 Å². The Balaban J connectivity index is 1.97. The highest BCUT2D eigenvalue weighted by atomic mass is 32.2. The first-order valence-electron chi connectivity index (χ1n) is 7.62. The predicted octanol–water partition coefficient (Wildman–Crippen LogP) is 4.34.